The van der Waals surface area contributed by atoms with Crippen molar-refractivity contribution >= 4 is 40.9 Å². The Hall–Kier alpha value is -5.69. The van der Waals surface area contributed by atoms with E-state index in [0.717, 1.165) is 56.1 Å². The number of imidazole rings is 1. The van der Waals surface area contributed by atoms with Crippen molar-refractivity contribution in [3.05, 3.63) is 18.2 Å². The first-order valence-electron chi connectivity index (χ1n) is 17.3. The molecule has 0 unspecified atom stereocenters. The van der Waals surface area contributed by atoms with Gasteiger partial charge in [0.15, 0.2) is 5.96 Å². The Balaban J connectivity index is -0.0000000938. The number of nitrogens with two attached hydrogens (primary N) is 4. The molecule has 0 atom stereocenters. The van der Waals surface area contributed by atoms with Gasteiger partial charge in [-0.3, -0.25) is 20.0 Å². The van der Waals surface area contributed by atoms with E-state index in [0.29, 0.717) is 12.4 Å². The highest BCUT2D eigenvalue weighted by molar-refractivity contribution is 5.81. The second-order valence-electron chi connectivity index (χ2n) is 11.1. The summed E-state index contributed by atoms with van der Waals surface area (Å²) < 4.78 is 0. The Bertz CT molecular complexity index is 1240. The standard InChI is InChI=1S/C5H10N2.C5H12N2.C4H8N2.C4H6N2.C4H11N.C3H5N3.C3H9N3.C3H6O.C3H4.C2H6N2O/c1-5-6-3-2-4-7-5;1-5(6-2)7(3)4;2*1-4-5-2-3-6-4;1-4-5(2)3;1-3(5)6-2-4;1-2-6-3(4)5;1-3(2)4;1-3-2;1-2(3)4-5/h2-4H2,1H3,(H,6,7);1-4H3;2-3H2,1H3,(H,5,6);2-3H,1H3,(H,5,6);4H2,1-3H3;1H3,(H2,5,6);2H2,1H3,(H4,4,5,6);1-2H3;1H,2H3;5H,1H3,(H2,3,4). The van der Waals surface area contributed by atoms with Crippen LogP contribution in [0, 0.1) is 30.7 Å². The Morgan fingerprint density at radius 3 is 1.45 bits per heavy atom. The number of hydrogen-bond donors (Lipinski definition) is 8. The molecule has 0 aliphatic carbocycles. The highest BCUT2D eigenvalue weighted by atomic mass is 16.4. The Morgan fingerprint density at radius 2 is 1.38 bits per heavy atom. The first-order chi connectivity index (χ1) is 25.6. The molecular formula is C36H77N17O2. The van der Waals surface area contributed by atoms with E-state index in [1.165, 1.54) is 33.4 Å². The van der Waals surface area contributed by atoms with Crippen molar-refractivity contribution in [2.24, 2.45) is 53.1 Å². The molecule has 0 fully saturated rings. The van der Waals surface area contributed by atoms with Crippen LogP contribution in [0.5, 0.6) is 0 Å². The fourth-order valence-corrected chi connectivity index (χ4v) is 1.97. The smallest absolute Gasteiger partial charge is 0.207 e. The maximum atomic E-state index is 9.44. The van der Waals surface area contributed by atoms with E-state index in [-0.39, 0.29) is 17.6 Å². The van der Waals surface area contributed by atoms with Crippen molar-refractivity contribution in [3.63, 3.8) is 0 Å². The molecule has 2 aliphatic rings. The monoisotopic (exact) mass is 780 g/mol. The number of carbonyl (C=O) groups excluding carboxylic acids is 1. The summed E-state index contributed by atoms with van der Waals surface area (Å²) in [5.41, 5.74) is 19.6. The number of nitriles is 1. The number of aromatic amines is 1. The van der Waals surface area contributed by atoms with E-state index in [2.05, 4.69) is 89.0 Å². The molecule has 0 saturated carbocycles. The molecule has 0 amide bonds. The summed E-state index contributed by atoms with van der Waals surface area (Å²) in [5, 5.41) is 24.1. The number of hydrogen-bond acceptors (Lipinski definition) is 13. The van der Waals surface area contributed by atoms with E-state index in [4.69, 9.17) is 33.4 Å². The van der Waals surface area contributed by atoms with Crippen LogP contribution in [0.3, 0.4) is 0 Å². The van der Waals surface area contributed by atoms with E-state index in [1.807, 2.05) is 53.6 Å². The van der Waals surface area contributed by atoms with Gasteiger partial charge < -0.3 is 58.4 Å². The number of amidine groups is 5. The van der Waals surface area contributed by atoms with Gasteiger partial charge in [-0.25, -0.2) is 4.98 Å². The lowest BCUT2D eigenvalue weighted by atomic mass is 10.4. The van der Waals surface area contributed by atoms with Crippen LogP contribution < -0.4 is 33.6 Å². The Kier molecular flexibility index (Phi) is 61.6. The summed E-state index contributed by atoms with van der Waals surface area (Å²) in [6, 6.07) is 0. The predicted molar refractivity (Wildman–Crippen MR) is 236 cm³/mol. The van der Waals surface area contributed by atoms with Crippen molar-refractivity contribution in [1.82, 2.24) is 30.4 Å². The molecule has 19 heteroatoms. The second-order valence-corrected chi connectivity index (χ2v) is 11.1. The number of ketones is 1. The maximum absolute atomic E-state index is 9.44. The number of oxime groups is 1. The summed E-state index contributed by atoms with van der Waals surface area (Å²) in [6.45, 7) is 25.6. The zero-order valence-corrected chi connectivity index (χ0v) is 36.8. The third kappa shape index (κ3) is 99.2. The number of carbonyl (C=O) groups is 1. The van der Waals surface area contributed by atoms with Crippen LogP contribution in [0.25, 0.3) is 0 Å². The number of H-pyrrole nitrogens is 1. The minimum absolute atomic E-state index is 0.164. The van der Waals surface area contributed by atoms with E-state index >= 15 is 0 Å². The van der Waals surface area contributed by atoms with E-state index in [9.17, 15) is 4.79 Å². The van der Waals surface area contributed by atoms with Crippen LogP contribution in [0.1, 0.15) is 81.5 Å². The number of terminal acetylenes is 1. The van der Waals surface area contributed by atoms with E-state index < -0.39 is 0 Å². The number of rotatable bonds is 2. The predicted octanol–water partition coefficient (Wildman–Crippen LogP) is 2.40. The van der Waals surface area contributed by atoms with Crippen LogP contribution in [0.15, 0.2) is 42.5 Å². The van der Waals surface area contributed by atoms with Crippen molar-refractivity contribution in [1.29, 1.82) is 5.26 Å². The van der Waals surface area contributed by atoms with Gasteiger partial charge in [-0.1, -0.05) is 12.1 Å². The number of nitrogens with one attached hydrogen (secondary N) is 3. The molecule has 1 aromatic heterocycles. The highest BCUT2D eigenvalue weighted by Gasteiger charge is 1.94. The van der Waals surface area contributed by atoms with Gasteiger partial charge >= 0.3 is 0 Å². The molecule has 3 rings (SSSR count). The lowest BCUT2D eigenvalue weighted by molar-refractivity contribution is -0.115. The number of aliphatic imine (C=N–C) groups is 5. The Morgan fingerprint density at radius 1 is 0.945 bits per heavy atom. The Labute approximate surface area is 333 Å². The topological polar surface area (TPSA) is 299 Å². The third-order valence-electron chi connectivity index (χ3n) is 4.87. The van der Waals surface area contributed by atoms with Crippen molar-refractivity contribution < 1.29 is 10.0 Å². The normalized spacial score (nSPS) is 11.7. The van der Waals surface area contributed by atoms with E-state index in [1.54, 1.807) is 33.3 Å². The van der Waals surface area contributed by atoms with Gasteiger partial charge in [-0.05, 0) is 96.3 Å². The number of nitrogens with zero attached hydrogens (tertiary/aromatic N) is 10. The van der Waals surface area contributed by atoms with Crippen molar-refractivity contribution in [2.75, 3.05) is 74.5 Å². The zero-order valence-electron chi connectivity index (χ0n) is 36.8. The van der Waals surface area contributed by atoms with Gasteiger partial charge in [-0.2, -0.15) is 10.3 Å². The van der Waals surface area contributed by atoms with Crippen molar-refractivity contribution in [3.8, 4) is 18.5 Å². The van der Waals surface area contributed by atoms with Crippen LogP contribution in [0.2, 0.25) is 0 Å². The molecule has 0 saturated heterocycles. The average molecular weight is 780 g/mol. The second kappa shape index (κ2) is 52.7. The largest absolute Gasteiger partial charge is 0.409 e. The fourth-order valence-electron chi connectivity index (χ4n) is 1.97. The zero-order chi connectivity index (χ0) is 44.6. The average Bonchev–Trinajstić information content (AvgIpc) is 3.80. The number of guanidine groups is 1. The van der Waals surface area contributed by atoms with Gasteiger partial charge in [0.2, 0.25) is 6.19 Å². The molecule has 318 valence electrons. The highest BCUT2D eigenvalue weighted by Crippen LogP contribution is 1.86. The van der Waals surface area contributed by atoms with Gasteiger partial charge in [0.25, 0.3) is 0 Å². The summed E-state index contributed by atoms with van der Waals surface area (Å²) in [6.07, 6.45) is 10.9. The van der Waals surface area contributed by atoms with Gasteiger partial charge in [0.05, 0.1) is 24.1 Å². The third-order valence-corrected chi connectivity index (χ3v) is 4.87. The lowest BCUT2D eigenvalue weighted by Gasteiger charge is -2.08. The number of Topliss-reactive ketones (excluding diaryl/α,β-unsaturated/α-hetero) is 1. The summed E-state index contributed by atoms with van der Waals surface area (Å²) in [5.74, 6) is 7.26. The van der Waals surface area contributed by atoms with Crippen LogP contribution in [-0.2, 0) is 4.79 Å². The first kappa shape index (κ1) is 64.3. The molecule has 19 nitrogen and oxygen atoms in total. The SMILES string of the molecule is C#CC.C/C(N)=N/O.CC(C)=O.CC(N)=NC#N.CC1=NCCCN1.CC1=NCCN1.CCN(C)C.CCN=C(N)N.CN=C(C)N(C)C.Cc1ncc[nH]1. The molecule has 55 heavy (non-hydrogen) atoms. The molecule has 12 N–H and O–H groups in total. The van der Waals surface area contributed by atoms with Crippen LogP contribution in [-0.4, -0.2) is 140 Å². The minimum Gasteiger partial charge on any atom is -0.409 e. The van der Waals surface area contributed by atoms with Gasteiger partial charge in [0, 0.05) is 59.7 Å². The number of aryl methyl sites for hydroxylation is 1. The fraction of sp³-hybridized carbons (Fsp3) is 0.639. The molecule has 0 bridgehead atoms. The van der Waals surface area contributed by atoms with Gasteiger partial charge in [0.1, 0.15) is 23.3 Å². The summed E-state index contributed by atoms with van der Waals surface area (Å²) in [4.78, 5) is 39.1. The summed E-state index contributed by atoms with van der Waals surface area (Å²) >= 11 is 0. The van der Waals surface area contributed by atoms with Crippen LogP contribution >= 0.6 is 0 Å². The maximum Gasteiger partial charge on any atom is 0.207 e. The van der Waals surface area contributed by atoms with Gasteiger partial charge in [-0.15, -0.1) is 12.3 Å². The quantitative estimate of drug-likeness (QED) is 0.0536. The first-order valence-corrected chi connectivity index (χ1v) is 17.3. The molecule has 3 heterocycles. The molecule has 0 spiro atoms. The molecule has 0 aromatic carbocycles. The molecule has 2 aliphatic heterocycles. The lowest BCUT2D eigenvalue weighted by Crippen LogP contribution is -2.26. The molecule has 0 radical (unpaired) electrons. The summed E-state index contributed by atoms with van der Waals surface area (Å²) in [7, 11) is 9.85. The molecular weight excluding hydrogens is 703 g/mol. The number of aromatic nitrogens is 2. The molecule has 1 aromatic rings. The van der Waals surface area contributed by atoms with Crippen LogP contribution in [0.4, 0.5) is 0 Å². The van der Waals surface area contributed by atoms with Crippen molar-refractivity contribution in [2.45, 2.75) is 82.6 Å². The minimum atomic E-state index is 0.164.